The lowest BCUT2D eigenvalue weighted by Crippen LogP contribution is -2.50. The van der Waals surface area contributed by atoms with Gasteiger partial charge in [0.25, 0.3) is 5.91 Å². The molecule has 2 saturated heterocycles. The number of carbonyl (C=O) groups is 1. The number of hydrogen-bond donors (Lipinski definition) is 3. The van der Waals surface area contributed by atoms with Crippen LogP contribution >= 0.6 is 24.8 Å². The first-order chi connectivity index (χ1) is 12.9. The molecule has 4 rings (SSSR count). The zero-order valence-electron chi connectivity index (χ0n) is 16.6. The number of imidazole rings is 1. The number of halogens is 2. The fraction of sp³-hybridized carbons (Fsp3) is 0.450. The average Bonchev–Trinajstić information content (AvgIpc) is 3.13. The molecular formula is C20H28Cl2N6O. The van der Waals surface area contributed by atoms with Gasteiger partial charge in [-0.1, -0.05) is 6.07 Å². The van der Waals surface area contributed by atoms with E-state index in [1.54, 1.807) is 18.3 Å². The number of piperidine rings is 1. The van der Waals surface area contributed by atoms with E-state index in [0.29, 0.717) is 23.3 Å². The minimum absolute atomic E-state index is 0. The van der Waals surface area contributed by atoms with Crippen molar-refractivity contribution in [3.05, 3.63) is 36.2 Å². The number of amides is 1. The van der Waals surface area contributed by atoms with Gasteiger partial charge in [-0.05, 0) is 44.9 Å². The summed E-state index contributed by atoms with van der Waals surface area (Å²) in [6.07, 6.45) is 7.91. The second-order valence-electron chi connectivity index (χ2n) is 7.73. The molecule has 1 aromatic heterocycles. The highest BCUT2D eigenvalue weighted by atomic mass is 35.5. The quantitative estimate of drug-likeness (QED) is 0.504. The molecule has 0 aliphatic carbocycles. The van der Waals surface area contributed by atoms with Crippen LogP contribution in [0.3, 0.4) is 0 Å². The van der Waals surface area contributed by atoms with Crippen LogP contribution in [0, 0.1) is 5.41 Å². The molecule has 2 aliphatic heterocycles. The van der Waals surface area contributed by atoms with E-state index in [2.05, 4.69) is 22.2 Å². The molecule has 0 radical (unpaired) electrons. The standard InChI is InChI=1S/C20H26N6O.2ClH/c1-25-8-7-23-19(25)12-3-6-16(17(21)9-12)18(22)20(27)24-13-10-14-4-5-15(11-13)26(14)2;;/h3,6-9,13-15,22H,4-5,10-11,21H2,1-2H3,(H,24,27);2*1H. The Morgan fingerprint density at radius 3 is 2.41 bits per heavy atom. The molecule has 4 N–H and O–H groups in total. The van der Waals surface area contributed by atoms with Crippen LogP contribution in [0.25, 0.3) is 11.4 Å². The fourth-order valence-corrected chi connectivity index (χ4v) is 4.48. The molecule has 2 atom stereocenters. The van der Waals surface area contributed by atoms with Gasteiger partial charge < -0.3 is 20.5 Å². The summed E-state index contributed by atoms with van der Waals surface area (Å²) in [4.78, 5) is 19.4. The minimum atomic E-state index is -0.347. The van der Waals surface area contributed by atoms with Gasteiger partial charge in [-0.2, -0.15) is 0 Å². The van der Waals surface area contributed by atoms with Gasteiger partial charge in [0.15, 0.2) is 0 Å². The number of benzene rings is 1. The van der Waals surface area contributed by atoms with E-state index < -0.39 is 0 Å². The predicted octanol–water partition coefficient (Wildman–Crippen LogP) is 2.62. The van der Waals surface area contributed by atoms with Crippen LogP contribution in [0.4, 0.5) is 5.69 Å². The molecule has 1 aromatic carbocycles. The van der Waals surface area contributed by atoms with Gasteiger partial charge in [0.1, 0.15) is 11.5 Å². The van der Waals surface area contributed by atoms with Crippen LogP contribution in [-0.2, 0) is 11.8 Å². The zero-order valence-corrected chi connectivity index (χ0v) is 18.2. The summed E-state index contributed by atoms with van der Waals surface area (Å²) in [7, 11) is 4.09. The van der Waals surface area contributed by atoms with Crippen LogP contribution in [0.2, 0.25) is 0 Å². The number of nitrogens with one attached hydrogen (secondary N) is 2. The van der Waals surface area contributed by atoms with Crippen molar-refractivity contribution in [2.45, 2.75) is 43.8 Å². The molecule has 9 heteroatoms. The normalized spacial score (nSPS) is 23.0. The maximum absolute atomic E-state index is 12.6. The summed E-state index contributed by atoms with van der Waals surface area (Å²) >= 11 is 0. The average molecular weight is 439 g/mol. The van der Waals surface area contributed by atoms with E-state index in [9.17, 15) is 4.79 Å². The smallest absolute Gasteiger partial charge is 0.270 e. The second kappa shape index (κ2) is 9.15. The largest absolute Gasteiger partial charge is 0.398 e. The van der Waals surface area contributed by atoms with Crippen LogP contribution in [0.5, 0.6) is 0 Å². The van der Waals surface area contributed by atoms with Crippen molar-refractivity contribution >= 4 is 42.1 Å². The van der Waals surface area contributed by atoms with Crippen molar-refractivity contribution in [3.63, 3.8) is 0 Å². The van der Waals surface area contributed by atoms with Gasteiger partial charge >= 0.3 is 0 Å². The van der Waals surface area contributed by atoms with Crippen molar-refractivity contribution in [1.82, 2.24) is 19.8 Å². The lowest BCUT2D eigenvalue weighted by Gasteiger charge is -2.36. The maximum atomic E-state index is 12.6. The Hall–Kier alpha value is -2.09. The summed E-state index contributed by atoms with van der Waals surface area (Å²) in [5.74, 6) is 0.450. The number of fused-ring (bicyclic) bond motifs is 2. The van der Waals surface area contributed by atoms with Gasteiger partial charge in [-0.15, -0.1) is 24.8 Å². The summed E-state index contributed by atoms with van der Waals surface area (Å²) in [5, 5.41) is 11.4. The van der Waals surface area contributed by atoms with Crippen molar-refractivity contribution in [3.8, 4) is 11.4 Å². The Morgan fingerprint density at radius 2 is 1.86 bits per heavy atom. The highest BCUT2D eigenvalue weighted by Gasteiger charge is 2.39. The molecule has 3 heterocycles. The second-order valence-corrected chi connectivity index (χ2v) is 7.73. The number of nitrogen functional groups attached to an aromatic ring is 1. The lowest BCUT2D eigenvalue weighted by atomic mass is 9.97. The summed E-state index contributed by atoms with van der Waals surface area (Å²) in [6.45, 7) is 0. The van der Waals surface area contributed by atoms with Crippen LogP contribution in [0.15, 0.2) is 30.6 Å². The molecule has 2 aliphatic rings. The van der Waals surface area contributed by atoms with E-state index in [1.165, 1.54) is 12.8 Å². The number of rotatable bonds is 4. The number of nitrogens with two attached hydrogens (primary N) is 1. The lowest BCUT2D eigenvalue weighted by molar-refractivity contribution is -0.115. The Morgan fingerprint density at radius 1 is 1.21 bits per heavy atom. The third kappa shape index (κ3) is 4.42. The molecule has 1 amide bonds. The number of aromatic nitrogens is 2. The topological polar surface area (TPSA) is 100 Å². The van der Waals surface area contributed by atoms with Crippen molar-refractivity contribution < 1.29 is 4.79 Å². The van der Waals surface area contributed by atoms with Crippen LogP contribution < -0.4 is 11.1 Å². The molecule has 29 heavy (non-hydrogen) atoms. The third-order valence-corrected chi connectivity index (χ3v) is 6.06. The monoisotopic (exact) mass is 438 g/mol. The van der Waals surface area contributed by atoms with Gasteiger partial charge in [0, 0.05) is 54.4 Å². The number of hydrogen-bond acceptors (Lipinski definition) is 5. The highest BCUT2D eigenvalue weighted by molar-refractivity contribution is 6.45. The number of aryl methyl sites for hydroxylation is 1. The molecule has 7 nitrogen and oxygen atoms in total. The Balaban J connectivity index is 0.00000150. The molecule has 2 bridgehead atoms. The van der Waals surface area contributed by atoms with Gasteiger partial charge in [0.2, 0.25) is 0 Å². The molecule has 2 fully saturated rings. The predicted molar refractivity (Wildman–Crippen MR) is 120 cm³/mol. The third-order valence-electron chi connectivity index (χ3n) is 6.06. The first kappa shape index (κ1) is 23.2. The number of carbonyl (C=O) groups excluding carboxylic acids is 1. The van der Waals surface area contributed by atoms with Gasteiger partial charge in [-0.3, -0.25) is 10.2 Å². The van der Waals surface area contributed by atoms with E-state index >= 15 is 0 Å². The fourth-order valence-electron chi connectivity index (χ4n) is 4.48. The van der Waals surface area contributed by atoms with E-state index in [-0.39, 0.29) is 42.5 Å². The number of nitrogens with zero attached hydrogens (tertiary/aromatic N) is 3. The van der Waals surface area contributed by atoms with E-state index in [0.717, 1.165) is 24.2 Å². The zero-order chi connectivity index (χ0) is 19.1. The van der Waals surface area contributed by atoms with E-state index in [4.69, 9.17) is 11.1 Å². The molecule has 0 saturated carbocycles. The maximum Gasteiger partial charge on any atom is 0.270 e. The van der Waals surface area contributed by atoms with Crippen molar-refractivity contribution in [1.29, 1.82) is 5.41 Å². The van der Waals surface area contributed by atoms with E-state index in [1.807, 2.05) is 23.9 Å². The van der Waals surface area contributed by atoms with Crippen LogP contribution in [-0.4, -0.2) is 51.2 Å². The molecule has 2 aromatic rings. The summed E-state index contributed by atoms with van der Waals surface area (Å²) in [6, 6.07) is 6.59. The van der Waals surface area contributed by atoms with Gasteiger partial charge in [-0.25, -0.2) is 4.98 Å². The van der Waals surface area contributed by atoms with Crippen LogP contribution in [0.1, 0.15) is 31.2 Å². The highest BCUT2D eigenvalue weighted by Crippen LogP contribution is 2.34. The minimum Gasteiger partial charge on any atom is -0.398 e. The van der Waals surface area contributed by atoms with Crippen molar-refractivity contribution in [2.75, 3.05) is 12.8 Å². The molecule has 2 unspecified atom stereocenters. The Bertz CT molecular complexity index is 885. The first-order valence-electron chi connectivity index (χ1n) is 9.43. The summed E-state index contributed by atoms with van der Waals surface area (Å²) in [5.41, 5.74) is 7.82. The Kier molecular flexibility index (Phi) is 7.32. The first-order valence-corrected chi connectivity index (χ1v) is 9.43. The van der Waals surface area contributed by atoms with Crippen molar-refractivity contribution in [2.24, 2.45) is 7.05 Å². The molecule has 0 spiro atoms. The Labute approximate surface area is 183 Å². The SMILES string of the molecule is CN1C2CCC1CC(NC(=O)C(=N)c1ccc(-c3nccn3C)cc1N)C2.Cl.Cl. The summed E-state index contributed by atoms with van der Waals surface area (Å²) < 4.78 is 1.90. The molecular weight excluding hydrogens is 411 g/mol. The van der Waals surface area contributed by atoms with Gasteiger partial charge in [0.05, 0.1) is 0 Å². The number of anilines is 1. The molecule has 158 valence electrons.